The number of hydrogen-bond donors (Lipinski definition) is 1. The molecule has 0 unspecified atom stereocenters. The number of carboxylic acid groups (broad SMARTS) is 1. The Hall–Kier alpha value is -3.54. The van der Waals surface area contributed by atoms with E-state index in [1.165, 1.54) is 24.3 Å². The van der Waals surface area contributed by atoms with Crippen LogP contribution in [0, 0.1) is 12.7 Å². The maximum absolute atomic E-state index is 13.5. The van der Waals surface area contributed by atoms with Crippen LogP contribution >= 0.6 is 0 Å². The van der Waals surface area contributed by atoms with Gasteiger partial charge in [0, 0.05) is 10.9 Å². The molecule has 4 rings (SSSR count). The lowest BCUT2D eigenvalue weighted by atomic mass is 10.0. The maximum Gasteiger partial charge on any atom is 0.336 e. The number of carbonyl (C=O) groups is 1. The van der Waals surface area contributed by atoms with Crippen molar-refractivity contribution < 1.29 is 14.3 Å². The van der Waals surface area contributed by atoms with Crippen LogP contribution in [0.4, 0.5) is 4.39 Å². The summed E-state index contributed by atoms with van der Waals surface area (Å²) in [5.74, 6) is -1.63. The van der Waals surface area contributed by atoms with Gasteiger partial charge in [-0.3, -0.25) is 0 Å². The second kappa shape index (κ2) is 6.07. The Balaban J connectivity index is 1.92. The van der Waals surface area contributed by atoms with Crippen molar-refractivity contribution in [3.05, 3.63) is 77.9 Å². The van der Waals surface area contributed by atoms with Gasteiger partial charge < -0.3 is 5.11 Å². The van der Waals surface area contributed by atoms with Gasteiger partial charge in [-0.05, 0) is 43.3 Å². The lowest BCUT2D eigenvalue weighted by molar-refractivity contribution is 0.0699. The zero-order valence-corrected chi connectivity index (χ0v) is 13.8. The highest BCUT2D eigenvalue weighted by molar-refractivity contribution is 6.03. The maximum atomic E-state index is 13.5. The molecule has 0 aliphatic carbocycles. The van der Waals surface area contributed by atoms with E-state index >= 15 is 0 Å². The van der Waals surface area contributed by atoms with E-state index in [4.69, 9.17) is 0 Å². The number of nitrogens with zero attached hydrogens (tertiary/aromatic N) is 3. The molecule has 26 heavy (non-hydrogen) atoms. The number of fused-ring (bicyclic) bond motifs is 1. The Kier molecular flexibility index (Phi) is 3.73. The number of carboxylic acids is 1. The monoisotopic (exact) mass is 347 g/mol. The van der Waals surface area contributed by atoms with Gasteiger partial charge in [-0.25, -0.2) is 18.9 Å². The van der Waals surface area contributed by atoms with Crippen LogP contribution in [0.1, 0.15) is 16.1 Å². The van der Waals surface area contributed by atoms with Crippen LogP contribution in [-0.2, 0) is 0 Å². The number of benzene rings is 2. The van der Waals surface area contributed by atoms with Gasteiger partial charge in [-0.15, -0.1) is 0 Å². The molecule has 2 heterocycles. The summed E-state index contributed by atoms with van der Waals surface area (Å²) >= 11 is 0. The third-order valence-electron chi connectivity index (χ3n) is 4.29. The van der Waals surface area contributed by atoms with Crippen LogP contribution in [0.15, 0.2) is 60.8 Å². The minimum absolute atomic E-state index is 0.0105. The van der Waals surface area contributed by atoms with E-state index in [0.717, 1.165) is 16.9 Å². The van der Waals surface area contributed by atoms with Crippen molar-refractivity contribution >= 4 is 16.9 Å². The molecule has 2 aromatic carbocycles. The highest BCUT2D eigenvalue weighted by atomic mass is 19.1. The summed E-state index contributed by atoms with van der Waals surface area (Å²) in [5, 5.41) is 14.2. The molecule has 0 spiro atoms. The highest BCUT2D eigenvalue weighted by Crippen LogP contribution is 2.28. The normalized spacial score (nSPS) is 11.0. The molecular formula is C20H14FN3O2. The zero-order chi connectivity index (χ0) is 18.3. The second-order valence-electron chi connectivity index (χ2n) is 5.91. The summed E-state index contributed by atoms with van der Waals surface area (Å²) in [4.78, 5) is 16.2. The van der Waals surface area contributed by atoms with Crippen molar-refractivity contribution in [2.45, 2.75) is 6.92 Å². The second-order valence-corrected chi connectivity index (χ2v) is 5.91. The fraction of sp³-hybridized carbons (Fsp3) is 0.0500. The minimum Gasteiger partial charge on any atom is -0.478 e. The fourth-order valence-electron chi connectivity index (χ4n) is 3.00. The fourth-order valence-corrected chi connectivity index (χ4v) is 3.00. The topological polar surface area (TPSA) is 68.0 Å². The molecule has 0 saturated carbocycles. The van der Waals surface area contributed by atoms with Gasteiger partial charge >= 0.3 is 5.97 Å². The number of para-hydroxylation sites is 1. The number of rotatable bonds is 3. The summed E-state index contributed by atoms with van der Waals surface area (Å²) in [5.41, 5.74) is 3.38. The molecule has 0 bridgehead atoms. The van der Waals surface area contributed by atoms with Crippen LogP contribution in [0.5, 0.6) is 0 Å². The van der Waals surface area contributed by atoms with E-state index < -0.39 is 11.8 Å². The molecule has 0 atom stereocenters. The third kappa shape index (κ3) is 2.61. The zero-order valence-electron chi connectivity index (χ0n) is 13.8. The average molecular weight is 347 g/mol. The van der Waals surface area contributed by atoms with Gasteiger partial charge in [-0.2, -0.15) is 5.10 Å². The molecule has 128 valence electrons. The van der Waals surface area contributed by atoms with Gasteiger partial charge in [-0.1, -0.05) is 18.2 Å². The van der Waals surface area contributed by atoms with Crippen molar-refractivity contribution in [1.82, 2.24) is 14.8 Å². The van der Waals surface area contributed by atoms with Crippen LogP contribution < -0.4 is 0 Å². The van der Waals surface area contributed by atoms with E-state index in [9.17, 15) is 14.3 Å². The van der Waals surface area contributed by atoms with Crippen LogP contribution in [0.25, 0.3) is 27.8 Å². The van der Waals surface area contributed by atoms with Crippen LogP contribution in [-0.4, -0.2) is 25.8 Å². The van der Waals surface area contributed by atoms with Gasteiger partial charge in [0.2, 0.25) is 0 Å². The molecule has 1 N–H and O–H groups in total. The molecule has 0 aliphatic heterocycles. The lowest BCUT2D eigenvalue weighted by Gasteiger charge is -2.08. The Morgan fingerprint density at radius 3 is 2.62 bits per heavy atom. The third-order valence-corrected chi connectivity index (χ3v) is 4.29. The van der Waals surface area contributed by atoms with Crippen molar-refractivity contribution in [1.29, 1.82) is 0 Å². The molecule has 4 aromatic rings. The smallest absolute Gasteiger partial charge is 0.336 e. The molecule has 0 radical (unpaired) electrons. The standard InChI is InChI=1S/C20H14FN3O2/c1-12-17(11-22-24(12)14-5-3-2-4-6-14)19-10-16(20(25)26)15-9-13(21)7-8-18(15)23-19/h2-11H,1H3,(H,25,26). The van der Waals surface area contributed by atoms with E-state index in [2.05, 4.69) is 10.1 Å². The predicted octanol–water partition coefficient (Wildman–Crippen LogP) is 4.23. The first-order chi connectivity index (χ1) is 12.5. The average Bonchev–Trinajstić information content (AvgIpc) is 3.03. The molecule has 2 aromatic heterocycles. The van der Waals surface area contributed by atoms with Crippen molar-refractivity contribution in [2.75, 3.05) is 0 Å². The Morgan fingerprint density at radius 1 is 1.12 bits per heavy atom. The SMILES string of the molecule is Cc1c(-c2cc(C(=O)O)c3cc(F)ccc3n2)cnn1-c1ccccc1. The van der Waals surface area contributed by atoms with Crippen LogP contribution in [0.2, 0.25) is 0 Å². The Bertz CT molecular complexity index is 1140. The Morgan fingerprint density at radius 2 is 1.88 bits per heavy atom. The predicted molar refractivity (Wildman–Crippen MR) is 96.0 cm³/mol. The van der Waals surface area contributed by atoms with E-state index in [0.29, 0.717) is 11.2 Å². The van der Waals surface area contributed by atoms with Gasteiger partial charge in [0.25, 0.3) is 0 Å². The Labute approximate surface area is 148 Å². The van der Waals surface area contributed by atoms with E-state index in [-0.39, 0.29) is 10.9 Å². The summed E-state index contributed by atoms with van der Waals surface area (Å²) < 4.78 is 15.3. The number of aromatic nitrogens is 3. The van der Waals surface area contributed by atoms with Gasteiger partial charge in [0.1, 0.15) is 5.82 Å². The van der Waals surface area contributed by atoms with Crippen molar-refractivity contribution in [3.8, 4) is 16.9 Å². The number of pyridine rings is 1. The molecule has 0 amide bonds. The van der Waals surface area contributed by atoms with Crippen molar-refractivity contribution in [2.24, 2.45) is 0 Å². The number of hydrogen-bond acceptors (Lipinski definition) is 3. The molecule has 0 aliphatic rings. The van der Waals surface area contributed by atoms with Gasteiger partial charge in [0.05, 0.1) is 34.4 Å². The minimum atomic E-state index is -1.13. The molecule has 0 fully saturated rings. The number of halogens is 1. The summed E-state index contributed by atoms with van der Waals surface area (Å²) in [6.07, 6.45) is 1.66. The quantitative estimate of drug-likeness (QED) is 0.602. The largest absolute Gasteiger partial charge is 0.478 e. The van der Waals surface area contributed by atoms with E-state index in [1.54, 1.807) is 10.9 Å². The summed E-state index contributed by atoms with van der Waals surface area (Å²) in [7, 11) is 0. The first kappa shape index (κ1) is 16.0. The van der Waals surface area contributed by atoms with Crippen molar-refractivity contribution in [3.63, 3.8) is 0 Å². The lowest BCUT2D eigenvalue weighted by Crippen LogP contribution is -2.02. The van der Waals surface area contributed by atoms with Crippen LogP contribution in [0.3, 0.4) is 0 Å². The molecular weight excluding hydrogens is 333 g/mol. The number of aromatic carboxylic acids is 1. The molecule has 6 heteroatoms. The first-order valence-corrected chi connectivity index (χ1v) is 7.98. The summed E-state index contributed by atoms with van der Waals surface area (Å²) in [6.45, 7) is 1.90. The molecule has 5 nitrogen and oxygen atoms in total. The summed E-state index contributed by atoms with van der Waals surface area (Å²) in [6, 6.07) is 15.0. The molecule has 0 saturated heterocycles. The highest BCUT2D eigenvalue weighted by Gasteiger charge is 2.17. The first-order valence-electron chi connectivity index (χ1n) is 7.98. The van der Waals surface area contributed by atoms with E-state index in [1.807, 2.05) is 37.3 Å². The van der Waals surface area contributed by atoms with Gasteiger partial charge in [0.15, 0.2) is 0 Å².